The van der Waals surface area contributed by atoms with Gasteiger partial charge in [0.15, 0.2) is 5.82 Å². The number of aliphatic hydroxyl groups is 1. The minimum absolute atomic E-state index is 0.101. The summed E-state index contributed by atoms with van der Waals surface area (Å²) >= 11 is 0. The summed E-state index contributed by atoms with van der Waals surface area (Å²) in [6, 6.07) is 0.101. The van der Waals surface area contributed by atoms with Gasteiger partial charge in [-0.1, -0.05) is 13.8 Å². The molecule has 19 heavy (non-hydrogen) atoms. The highest BCUT2D eigenvalue weighted by Gasteiger charge is 2.12. The molecular weight excluding hydrogens is 242 g/mol. The minimum Gasteiger partial charge on any atom is -0.395 e. The maximum absolute atomic E-state index is 9.34. The van der Waals surface area contributed by atoms with E-state index >= 15 is 0 Å². The van der Waals surface area contributed by atoms with Crippen molar-refractivity contribution in [1.82, 2.24) is 20.3 Å². The van der Waals surface area contributed by atoms with Crippen molar-refractivity contribution in [1.29, 1.82) is 0 Å². The number of nitrogen functional groups attached to an aromatic ring is 1. The van der Waals surface area contributed by atoms with Crippen LogP contribution in [0.4, 0.5) is 5.82 Å². The average Bonchev–Trinajstić information content (AvgIpc) is 2.79. The number of aromatic amines is 1. The van der Waals surface area contributed by atoms with Crippen molar-refractivity contribution in [3.8, 4) is 0 Å². The summed E-state index contributed by atoms with van der Waals surface area (Å²) in [5.74, 6) is 1.00. The molecule has 2 aromatic heterocycles. The summed E-state index contributed by atoms with van der Waals surface area (Å²) < 4.78 is 0. The summed E-state index contributed by atoms with van der Waals surface area (Å²) in [5, 5.41) is 12.7. The second kappa shape index (κ2) is 5.99. The Morgan fingerprint density at radius 2 is 2.21 bits per heavy atom. The molecule has 1 atom stereocenters. The lowest BCUT2D eigenvalue weighted by Gasteiger charge is -2.17. The van der Waals surface area contributed by atoms with Gasteiger partial charge in [0.1, 0.15) is 11.8 Å². The van der Waals surface area contributed by atoms with Crippen molar-refractivity contribution in [3.63, 3.8) is 0 Å². The van der Waals surface area contributed by atoms with Crippen LogP contribution in [0.1, 0.15) is 25.8 Å². The molecule has 6 nitrogen and oxygen atoms in total. The van der Waals surface area contributed by atoms with E-state index in [0.717, 1.165) is 23.0 Å². The molecule has 2 heterocycles. The van der Waals surface area contributed by atoms with E-state index in [1.54, 1.807) is 0 Å². The fraction of sp³-hybridized carbons (Fsp3) is 0.538. The predicted molar refractivity (Wildman–Crippen MR) is 75.5 cm³/mol. The van der Waals surface area contributed by atoms with E-state index in [4.69, 9.17) is 5.73 Å². The third kappa shape index (κ3) is 3.21. The van der Waals surface area contributed by atoms with E-state index in [-0.39, 0.29) is 12.6 Å². The second-order valence-electron chi connectivity index (χ2n) is 5.19. The van der Waals surface area contributed by atoms with Gasteiger partial charge in [0.05, 0.1) is 12.1 Å². The summed E-state index contributed by atoms with van der Waals surface area (Å²) in [6.45, 7) is 5.07. The van der Waals surface area contributed by atoms with Crippen LogP contribution in [-0.2, 0) is 6.54 Å². The Morgan fingerprint density at radius 3 is 2.89 bits per heavy atom. The van der Waals surface area contributed by atoms with Crippen molar-refractivity contribution in [3.05, 3.63) is 18.1 Å². The van der Waals surface area contributed by atoms with Gasteiger partial charge >= 0.3 is 0 Å². The zero-order chi connectivity index (χ0) is 13.8. The van der Waals surface area contributed by atoms with Gasteiger partial charge in [-0.05, 0) is 12.3 Å². The van der Waals surface area contributed by atoms with Gasteiger partial charge < -0.3 is 21.1 Å². The monoisotopic (exact) mass is 263 g/mol. The molecule has 0 aliphatic rings. The fourth-order valence-electron chi connectivity index (χ4n) is 2.19. The lowest BCUT2D eigenvalue weighted by molar-refractivity contribution is 0.223. The van der Waals surface area contributed by atoms with Crippen LogP contribution in [0.15, 0.2) is 12.5 Å². The lowest BCUT2D eigenvalue weighted by Crippen LogP contribution is -2.33. The van der Waals surface area contributed by atoms with E-state index in [9.17, 15) is 5.11 Å². The molecule has 0 aromatic carbocycles. The number of aromatic nitrogens is 3. The van der Waals surface area contributed by atoms with E-state index < -0.39 is 0 Å². The van der Waals surface area contributed by atoms with Crippen molar-refractivity contribution in [2.24, 2.45) is 5.92 Å². The van der Waals surface area contributed by atoms with Gasteiger partial charge in [-0.2, -0.15) is 0 Å². The first-order valence-electron chi connectivity index (χ1n) is 6.52. The largest absolute Gasteiger partial charge is 0.395 e. The lowest BCUT2D eigenvalue weighted by atomic mass is 10.0. The summed E-state index contributed by atoms with van der Waals surface area (Å²) in [5.41, 5.74) is 8.41. The van der Waals surface area contributed by atoms with Crippen LogP contribution in [0.5, 0.6) is 0 Å². The molecule has 2 aromatic rings. The summed E-state index contributed by atoms with van der Waals surface area (Å²) in [4.78, 5) is 11.3. The number of nitrogens with two attached hydrogens (primary N) is 1. The Labute approximate surface area is 112 Å². The van der Waals surface area contributed by atoms with Crippen LogP contribution in [0.3, 0.4) is 0 Å². The Bertz CT molecular complexity index is 537. The summed E-state index contributed by atoms with van der Waals surface area (Å²) in [6.07, 6.45) is 4.29. The fourth-order valence-corrected chi connectivity index (χ4v) is 2.19. The standard InChI is InChI=1S/C13H21N5O/c1-8(2)3-10(6-19)15-4-9-5-16-12-11(9)17-7-18-13(12)14/h5,7-8,10,15-16,19H,3-4,6H2,1-2H3,(H2,14,17,18)/t10-/m0/s1. The Hall–Kier alpha value is -1.66. The number of hydrogen-bond acceptors (Lipinski definition) is 5. The highest BCUT2D eigenvalue weighted by molar-refractivity contribution is 5.86. The maximum Gasteiger partial charge on any atom is 0.151 e. The molecule has 0 bridgehead atoms. The van der Waals surface area contributed by atoms with Crippen LogP contribution >= 0.6 is 0 Å². The maximum atomic E-state index is 9.34. The highest BCUT2D eigenvalue weighted by Crippen LogP contribution is 2.19. The van der Waals surface area contributed by atoms with E-state index in [2.05, 4.69) is 34.1 Å². The Kier molecular flexibility index (Phi) is 4.34. The van der Waals surface area contributed by atoms with Crippen LogP contribution in [0, 0.1) is 5.92 Å². The number of nitrogens with zero attached hydrogens (tertiary/aromatic N) is 2. The normalized spacial score (nSPS) is 13.3. The first-order chi connectivity index (χ1) is 9.11. The number of H-pyrrole nitrogens is 1. The van der Waals surface area contributed by atoms with Crippen LogP contribution in [-0.4, -0.2) is 32.7 Å². The smallest absolute Gasteiger partial charge is 0.151 e. The Morgan fingerprint density at radius 1 is 1.42 bits per heavy atom. The van der Waals surface area contributed by atoms with Crippen LogP contribution in [0.2, 0.25) is 0 Å². The molecule has 0 aliphatic carbocycles. The van der Waals surface area contributed by atoms with Gasteiger partial charge in [-0.25, -0.2) is 9.97 Å². The SMILES string of the molecule is CC(C)C[C@@H](CO)NCc1c[nH]c2c(N)ncnc12. The highest BCUT2D eigenvalue weighted by atomic mass is 16.3. The molecule has 104 valence electrons. The quantitative estimate of drug-likeness (QED) is 0.624. The molecule has 0 aliphatic heterocycles. The van der Waals surface area contributed by atoms with Crippen LogP contribution in [0.25, 0.3) is 11.0 Å². The number of hydrogen-bond donors (Lipinski definition) is 4. The minimum atomic E-state index is 0.101. The zero-order valence-electron chi connectivity index (χ0n) is 11.3. The Balaban J connectivity index is 2.07. The second-order valence-corrected chi connectivity index (χ2v) is 5.19. The van der Waals surface area contributed by atoms with Gasteiger partial charge in [-0.15, -0.1) is 0 Å². The molecule has 0 spiro atoms. The van der Waals surface area contributed by atoms with E-state index in [1.165, 1.54) is 6.33 Å². The third-order valence-corrected chi connectivity index (χ3v) is 3.13. The molecule has 6 heteroatoms. The van der Waals surface area contributed by atoms with Gasteiger partial charge in [0, 0.05) is 24.3 Å². The third-order valence-electron chi connectivity index (χ3n) is 3.13. The molecule has 0 radical (unpaired) electrons. The van der Waals surface area contributed by atoms with Gasteiger partial charge in [-0.3, -0.25) is 0 Å². The molecule has 2 rings (SSSR count). The number of nitrogens with one attached hydrogen (secondary N) is 2. The topological polar surface area (TPSA) is 99.8 Å². The van der Waals surface area contributed by atoms with Gasteiger partial charge in [0.2, 0.25) is 0 Å². The molecule has 0 saturated carbocycles. The molecule has 5 N–H and O–H groups in total. The molecule has 0 amide bonds. The van der Waals surface area contributed by atoms with Crippen molar-refractivity contribution in [2.75, 3.05) is 12.3 Å². The number of anilines is 1. The first kappa shape index (κ1) is 13.8. The van der Waals surface area contributed by atoms with Crippen LogP contribution < -0.4 is 11.1 Å². The summed E-state index contributed by atoms with van der Waals surface area (Å²) in [7, 11) is 0. The van der Waals surface area contributed by atoms with Crippen molar-refractivity contribution < 1.29 is 5.11 Å². The number of aliphatic hydroxyl groups excluding tert-OH is 1. The molecule has 0 unspecified atom stereocenters. The number of fused-ring (bicyclic) bond motifs is 1. The number of rotatable bonds is 6. The zero-order valence-corrected chi connectivity index (χ0v) is 11.3. The molecule has 0 saturated heterocycles. The molecule has 0 fully saturated rings. The van der Waals surface area contributed by atoms with Crippen molar-refractivity contribution >= 4 is 16.9 Å². The van der Waals surface area contributed by atoms with Gasteiger partial charge in [0.25, 0.3) is 0 Å². The average molecular weight is 263 g/mol. The van der Waals surface area contributed by atoms with Crippen molar-refractivity contribution in [2.45, 2.75) is 32.9 Å². The van der Waals surface area contributed by atoms with E-state index in [1.807, 2.05) is 6.20 Å². The first-order valence-corrected chi connectivity index (χ1v) is 6.52. The predicted octanol–water partition coefficient (Wildman–Crippen LogP) is 1.04. The van der Waals surface area contributed by atoms with E-state index in [0.29, 0.717) is 18.3 Å². The molecular formula is C13H21N5O.